The van der Waals surface area contributed by atoms with E-state index in [4.69, 9.17) is 14.8 Å². The maximum absolute atomic E-state index is 12.4. The number of aromatic hydroxyl groups is 2. The van der Waals surface area contributed by atoms with Crippen LogP contribution >= 0.6 is 0 Å². The highest BCUT2D eigenvalue weighted by Gasteiger charge is 2.22. The maximum Gasteiger partial charge on any atom is 0.397 e. The van der Waals surface area contributed by atoms with Crippen LogP contribution in [0.5, 0.6) is 11.5 Å². The second-order valence-electron chi connectivity index (χ2n) is 9.83. The molecule has 0 bridgehead atoms. The number of azo groups is 3. The predicted molar refractivity (Wildman–Crippen MR) is 176 cm³/mol. The molecule has 0 spiro atoms. The Morgan fingerprint density at radius 2 is 1.40 bits per heavy atom. The molecular formula is C29H26N8O11S2. The Morgan fingerprint density at radius 1 is 0.820 bits per heavy atom. The third-order valence-corrected chi connectivity index (χ3v) is 8.44. The summed E-state index contributed by atoms with van der Waals surface area (Å²) in [6, 6.07) is 17.0. The summed E-state index contributed by atoms with van der Waals surface area (Å²) < 4.78 is 58.7. The summed E-state index contributed by atoms with van der Waals surface area (Å²) in [5.74, 6) is -4.01. The number of sulfone groups is 1. The van der Waals surface area contributed by atoms with Crippen LogP contribution in [-0.2, 0) is 29.3 Å². The van der Waals surface area contributed by atoms with Gasteiger partial charge in [-0.3, -0.25) is 9.96 Å². The van der Waals surface area contributed by atoms with Crippen molar-refractivity contribution in [2.75, 3.05) is 17.8 Å². The molecule has 0 aliphatic rings. The average molecular weight is 727 g/mol. The van der Waals surface area contributed by atoms with Gasteiger partial charge in [0.2, 0.25) is 6.40 Å². The van der Waals surface area contributed by atoms with Gasteiger partial charge in [-0.25, -0.2) is 22.9 Å². The number of nitrogens with zero attached hydrogens (tertiary/aromatic N) is 6. The summed E-state index contributed by atoms with van der Waals surface area (Å²) in [5, 5.41) is 61.9. The number of rotatable bonds is 15. The molecule has 50 heavy (non-hydrogen) atoms. The zero-order chi connectivity index (χ0) is 36.5. The molecule has 0 radical (unpaired) electrons. The first-order valence-electron chi connectivity index (χ1n) is 13.8. The number of phenols is 2. The van der Waals surface area contributed by atoms with Gasteiger partial charge in [0.15, 0.2) is 21.3 Å². The van der Waals surface area contributed by atoms with Gasteiger partial charge in [0, 0.05) is 0 Å². The maximum atomic E-state index is 12.4. The Morgan fingerprint density at radius 3 is 2.02 bits per heavy atom. The molecule has 0 heterocycles. The van der Waals surface area contributed by atoms with Gasteiger partial charge >= 0.3 is 16.4 Å². The molecular weight excluding hydrogens is 700 g/mol. The second-order valence-corrected chi connectivity index (χ2v) is 13.0. The largest absolute Gasteiger partial charge is 0.505 e. The van der Waals surface area contributed by atoms with Crippen LogP contribution in [0, 0.1) is 12.3 Å². The average Bonchev–Trinajstić information content (AvgIpc) is 3.06. The quantitative estimate of drug-likeness (QED) is 0.0240. The Bertz CT molecular complexity index is 2210. The first-order valence-corrected chi connectivity index (χ1v) is 16.8. The minimum atomic E-state index is -4.82. The summed E-state index contributed by atoms with van der Waals surface area (Å²) in [5.41, 5.74) is 2.92. The number of carbonyl (C=O) groups is 1. The summed E-state index contributed by atoms with van der Waals surface area (Å²) in [7, 11) is -8.84. The highest BCUT2D eigenvalue weighted by Crippen LogP contribution is 2.47. The number of benzene rings is 4. The van der Waals surface area contributed by atoms with Crippen molar-refractivity contribution in [3.63, 3.8) is 0 Å². The zero-order valence-electron chi connectivity index (χ0n) is 25.6. The molecule has 0 atom stereocenters. The van der Waals surface area contributed by atoms with Crippen molar-refractivity contribution >= 4 is 72.4 Å². The van der Waals surface area contributed by atoms with Crippen LogP contribution in [0.3, 0.4) is 0 Å². The van der Waals surface area contributed by atoms with E-state index in [9.17, 15) is 36.9 Å². The van der Waals surface area contributed by atoms with Gasteiger partial charge in [-0.15, -0.1) is 15.3 Å². The minimum Gasteiger partial charge on any atom is -0.505 e. The number of hydrogen-bond acceptors (Lipinski definition) is 17. The summed E-state index contributed by atoms with van der Waals surface area (Å²) in [4.78, 5) is 16.5. The first kappa shape index (κ1) is 36.7. The van der Waals surface area contributed by atoms with Crippen LogP contribution in [0.15, 0.2) is 108 Å². The van der Waals surface area contributed by atoms with Crippen molar-refractivity contribution in [3.05, 3.63) is 83.9 Å². The number of anilines is 1. The van der Waals surface area contributed by atoms with E-state index >= 15 is 0 Å². The molecule has 0 aliphatic carbocycles. The standard InChI is InChI=1S/C29H26N8O11S2/c1-17-2-4-18(5-3-17)31-34-23-11-8-20(14-24(23)37-47-16-30)33-35-26-22(29(40)41)15-25(38)27(28(26)39)36-32-19-6-9-21(10-7-19)49(42,43)13-12-48-50(44,45)46/h2-11,14-16,30,37-39H,12-13H2,1H3,(H,40,41)(H,44,45,46). The fourth-order valence-corrected chi connectivity index (χ4v) is 5.36. The lowest BCUT2D eigenvalue weighted by molar-refractivity contribution is 0.0696. The van der Waals surface area contributed by atoms with Crippen LogP contribution < -0.4 is 5.48 Å². The van der Waals surface area contributed by atoms with Gasteiger partial charge in [0.25, 0.3) is 0 Å². The molecule has 21 heteroatoms. The van der Waals surface area contributed by atoms with Crippen LogP contribution in [0.4, 0.5) is 39.8 Å². The summed E-state index contributed by atoms with van der Waals surface area (Å²) in [6.07, 6.45) is 0.627. The third kappa shape index (κ3) is 9.93. The Hall–Kier alpha value is -6.16. The number of aromatic carboxylic acids is 1. The van der Waals surface area contributed by atoms with Crippen molar-refractivity contribution in [2.45, 2.75) is 11.8 Å². The third-order valence-electron chi connectivity index (χ3n) is 6.28. The number of carboxylic acids is 1. The van der Waals surface area contributed by atoms with Gasteiger partial charge in [-0.2, -0.15) is 23.8 Å². The highest BCUT2D eigenvalue weighted by molar-refractivity contribution is 7.91. The summed E-state index contributed by atoms with van der Waals surface area (Å²) >= 11 is 0. The molecule has 0 aromatic heterocycles. The van der Waals surface area contributed by atoms with Crippen molar-refractivity contribution in [1.82, 2.24) is 0 Å². The van der Waals surface area contributed by atoms with Gasteiger partial charge in [-0.05, 0) is 67.6 Å². The van der Waals surface area contributed by atoms with Crippen molar-refractivity contribution in [1.29, 1.82) is 5.41 Å². The summed E-state index contributed by atoms with van der Waals surface area (Å²) in [6.45, 7) is 1.10. The van der Waals surface area contributed by atoms with E-state index in [0.717, 1.165) is 23.8 Å². The van der Waals surface area contributed by atoms with Crippen molar-refractivity contribution in [2.24, 2.45) is 30.7 Å². The number of phenolic OH excluding ortho intramolecular Hbond substituents is 2. The lowest BCUT2D eigenvalue weighted by Gasteiger charge is -2.09. The molecule has 0 aliphatic heterocycles. The molecule has 0 fully saturated rings. The molecule has 0 amide bonds. The first-order chi connectivity index (χ1) is 23.7. The molecule has 4 rings (SSSR count). The van der Waals surface area contributed by atoms with E-state index in [0.29, 0.717) is 12.1 Å². The Balaban J connectivity index is 1.61. The Labute approximate surface area is 283 Å². The molecule has 0 unspecified atom stereocenters. The Kier molecular flexibility index (Phi) is 11.6. The number of carboxylic acid groups (broad SMARTS) is 1. The zero-order valence-corrected chi connectivity index (χ0v) is 27.2. The molecule has 6 N–H and O–H groups in total. The highest BCUT2D eigenvalue weighted by atomic mass is 32.3. The number of hydrogen-bond donors (Lipinski definition) is 6. The molecule has 4 aromatic rings. The van der Waals surface area contributed by atoms with Crippen molar-refractivity contribution in [3.8, 4) is 11.5 Å². The lowest BCUT2D eigenvalue weighted by Crippen LogP contribution is -2.15. The van der Waals surface area contributed by atoms with E-state index < -0.39 is 67.0 Å². The van der Waals surface area contributed by atoms with E-state index in [-0.39, 0.29) is 27.6 Å². The fourth-order valence-electron chi connectivity index (χ4n) is 3.87. The molecule has 0 saturated heterocycles. The van der Waals surface area contributed by atoms with Gasteiger partial charge in [-0.1, -0.05) is 17.7 Å². The van der Waals surface area contributed by atoms with E-state index in [1.54, 1.807) is 12.1 Å². The fraction of sp³-hybridized carbons (Fsp3) is 0.103. The van der Waals surface area contributed by atoms with E-state index in [1.807, 2.05) is 19.1 Å². The monoisotopic (exact) mass is 726 g/mol. The minimum absolute atomic E-state index is 0.0363. The molecule has 4 aromatic carbocycles. The van der Waals surface area contributed by atoms with E-state index in [2.05, 4.69) is 40.3 Å². The van der Waals surface area contributed by atoms with Crippen LogP contribution in [0.2, 0.25) is 0 Å². The lowest BCUT2D eigenvalue weighted by atomic mass is 10.1. The SMILES string of the molecule is Cc1ccc(N=Nc2ccc(N=Nc3c(C(=O)O)cc(O)c(N=Nc4ccc(S(=O)(=O)CCOS(=O)(=O)O)cc4)c3O)cc2NOC=N)cc1. The number of aryl methyl sites for hydroxylation is 1. The number of nitrogens with one attached hydrogen (secondary N) is 2. The smallest absolute Gasteiger partial charge is 0.397 e. The topological polar surface area (TPSA) is 295 Å². The molecule has 0 saturated carbocycles. The predicted octanol–water partition coefficient (Wildman–Crippen LogP) is 6.89. The van der Waals surface area contributed by atoms with Gasteiger partial charge in [0.05, 0.1) is 39.9 Å². The molecule has 19 nitrogen and oxygen atoms in total. The van der Waals surface area contributed by atoms with Gasteiger partial charge in [0.1, 0.15) is 22.8 Å². The van der Waals surface area contributed by atoms with Crippen LogP contribution in [-0.4, -0.2) is 61.4 Å². The molecule has 260 valence electrons. The van der Waals surface area contributed by atoms with Gasteiger partial charge < -0.3 is 20.2 Å². The van der Waals surface area contributed by atoms with Crippen LogP contribution in [0.1, 0.15) is 15.9 Å². The van der Waals surface area contributed by atoms with Crippen molar-refractivity contribution < 1.29 is 50.5 Å². The van der Waals surface area contributed by atoms with Crippen LogP contribution in [0.25, 0.3) is 0 Å². The normalized spacial score (nSPS) is 12.1. The second kappa shape index (κ2) is 15.8. The van der Waals surface area contributed by atoms with E-state index in [1.165, 1.54) is 30.3 Å².